The van der Waals surface area contributed by atoms with Crippen molar-refractivity contribution in [3.63, 3.8) is 0 Å². The van der Waals surface area contributed by atoms with Crippen LogP contribution in [-0.2, 0) is 4.79 Å². The smallest absolute Gasteiger partial charge is 0.310 e. The van der Waals surface area contributed by atoms with Crippen molar-refractivity contribution in [1.82, 2.24) is 4.90 Å². The lowest BCUT2D eigenvalue weighted by Gasteiger charge is -2.36. The molecule has 1 aliphatic rings. The average molecular weight is 304 g/mol. The van der Waals surface area contributed by atoms with Gasteiger partial charge in [0, 0.05) is 18.7 Å². The summed E-state index contributed by atoms with van der Waals surface area (Å²) in [6.07, 6.45) is 0. The molecule has 1 saturated heterocycles. The predicted octanol–water partition coefficient (Wildman–Crippen LogP) is 2.16. The number of amides is 1. The van der Waals surface area contributed by atoms with Crippen LogP contribution >= 0.6 is 23.2 Å². The van der Waals surface area contributed by atoms with Gasteiger partial charge in [0.2, 0.25) is 0 Å². The van der Waals surface area contributed by atoms with Gasteiger partial charge < -0.3 is 14.7 Å². The van der Waals surface area contributed by atoms with Gasteiger partial charge in [-0.1, -0.05) is 23.2 Å². The summed E-state index contributed by atoms with van der Waals surface area (Å²) in [7, 11) is 1.43. The number of halogens is 2. The van der Waals surface area contributed by atoms with Crippen molar-refractivity contribution in [2.45, 2.75) is 0 Å². The Labute approximate surface area is 119 Å². The van der Waals surface area contributed by atoms with Gasteiger partial charge in [0.15, 0.2) is 5.75 Å². The SMILES string of the molecule is COc1c(Cl)cc(C(=O)N2CC(C(=O)O)C2)cc1Cl. The van der Waals surface area contributed by atoms with Crippen LogP contribution in [0.5, 0.6) is 5.75 Å². The van der Waals surface area contributed by atoms with Gasteiger partial charge in [0.25, 0.3) is 5.91 Å². The van der Waals surface area contributed by atoms with Gasteiger partial charge in [-0.2, -0.15) is 0 Å². The van der Waals surface area contributed by atoms with Crippen molar-refractivity contribution >= 4 is 35.1 Å². The van der Waals surface area contributed by atoms with Crippen molar-refractivity contribution in [3.8, 4) is 5.75 Å². The molecule has 1 aliphatic heterocycles. The van der Waals surface area contributed by atoms with E-state index in [1.54, 1.807) is 0 Å². The van der Waals surface area contributed by atoms with Gasteiger partial charge in [-0.25, -0.2) is 0 Å². The number of hydrogen-bond donors (Lipinski definition) is 1. The van der Waals surface area contributed by atoms with E-state index in [0.717, 1.165) is 0 Å². The molecule has 2 rings (SSSR count). The number of benzene rings is 1. The minimum Gasteiger partial charge on any atom is -0.494 e. The van der Waals surface area contributed by atoms with Crippen LogP contribution in [0.3, 0.4) is 0 Å². The molecule has 1 fully saturated rings. The first-order chi connectivity index (χ1) is 8.93. The van der Waals surface area contributed by atoms with Crippen molar-refractivity contribution < 1.29 is 19.4 Å². The summed E-state index contributed by atoms with van der Waals surface area (Å²) >= 11 is 11.9. The molecular formula is C12H11Cl2NO4. The maximum absolute atomic E-state index is 12.1. The van der Waals surface area contributed by atoms with Gasteiger partial charge in [-0.3, -0.25) is 9.59 Å². The number of carbonyl (C=O) groups excluding carboxylic acids is 1. The molecule has 0 aromatic heterocycles. The van der Waals surface area contributed by atoms with Crippen LogP contribution in [0, 0.1) is 5.92 Å². The zero-order valence-corrected chi connectivity index (χ0v) is 11.5. The Balaban J connectivity index is 2.15. The first-order valence-electron chi connectivity index (χ1n) is 5.49. The number of hydrogen-bond acceptors (Lipinski definition) is 3. The third-order valence-corrected chi connectivity index (χ3v) is 3.53. The lowest BCUT2D eigenvalue weighted by Crippen LogP contribution is -2.53. The number of aliphatic carboxylic acids is 1. The Morgan fingerprint density at radius 2 is 1.84 bits per heavy atom. The second-order valence-electron chi connectivity index (χ2n) is 4.22. The molecule has 1 aromatic carbocycles. The normalized spacial score (nSPS) is 15.0. The van der Waals surface area contributed by atoms with Crippen molar-refractivity contribution in [3.05, 3.63) is 27.7 Å². The molecule has 1 aromatic rings. The molecule has 102 valence electrons. The van der Waals surface area contributed by atoms with E-state index in [1.807, 2.05) is 0 Å². The fourth-order valence-corrected chi connectivity index (χ4v) is 2.50. The second-order valence-corrected chi connectivity index (χ2v) is 5.03. The van der Waals surface area contributed by atoms with E-state index in [0.29, 0.717) is 11.3 Å². The molecule has 0 aliphatic carbocycles. The minimum atomic E-state index is -0.894. The fourth-order valence-electron chi connectivity index (χ4n) is 1.86. The summed E-state index contributed by atoms with van der Waals surface area (Å²) in [5.41, 5.74) is 0.319. The zero-order chi connectivity index (χ0) is 14.2. The summed E-state index contributed by atoms with van der Waals surface area (Å²) < 4.78 is 4.99. The Morgan fingerprint density at radius 1 is 1.32 bits per heavy atom. The second kappa shape index (κ2) is 5.27. The van der Waals surface area contributed by atoms with E-state index in [-0.39, 0.29) is 29.0 Å². The summed E-state index contributed by atoms with van der Waals surface area (Å²) in [6.45, 7) is 0.408. The highest BCUT2D eigenvalue weighted by molar-refractivity contribution is 6.37. The van der Waals surface area contributed by atoms with E-state index in [2.05, 4.69) is 0 Å². The first kappa shape index (κ1) is 14.0. The topological polar surface area (TPSA) is 66.8 Å². The monoisotopic (exact) mass is 303 g/mol. The van der Waals surface area contributed by atoms with Gasteiger partial charge >= 0.3 is 5.97 Å². The van der Waals surface area contributed by atoms with Crippen LogP contribution < -0.4 is 4.74 Å². The molecule has 0 spiro atoms. The van der Waals surface area contributed by atoms with Crippen LogP contribution in [0.2, 0.25) is 10.0 Å². The minimum absolute atomic E-state index is 0.204. The molecule has 0 atom stereocenters. The molecule has 1 heterocycles. The van der Waals surface area contributed by atoms with Crippen LogP contribution in [0.1, 0.15) is 10.4 Å². The Morgan fingerprint density at radius 3 is 2.26 bits per heavy atom. The van der Waals surface area contributed by atoms with E-state index in [9.17, 15) is 9.59 Å². The number of methoxy groups -OCH3 is 1. The largest absolute Gasteiger partial charge is 0.494 e. The Kier molecular flexibility index (Phi) is 3.87. The summed E-state index contributed by atoms with van der Waals surface area (Å²) in [6, 6.07) is 2.92. The summed E-state index contributed by atoms with van der Waals surface area (Å²) in [5.74, 6) is -1.36. The highest BCUT2D eigenvalue weighted by Crippen LogP contribution is 2.34. The molecule has 0 radical (unpaired) electrons. The summed E-state index contributed by atoms with van der Waals surface area (Å²) in [4.78, 5) is 24.2. The molecule has 0 saturated carbocycles. The van der Waals surface area contributed by atoms with Gasteiger partial charge in [-0.15, -0.1) is 0 Å². The number of carbonyl (C=O) groups is 2. The Bertz CT molecular complexity index is 518. The molecule has 1 amide bonds. The van der Waals surface area contributed by atoms with E-state index in [1.165, 1.54) is 24.1 Å². The van der Waals surface area contributed by atoms with Crippen LogP contribution in [-0.4, -0.2) is 42.1 Å². The van der Waals surface area contributed by atoms with E-state index >= 15 is 0 Å². The molecule has 5 nitrogen and oxygen atoms in total. The van der Waals surface area contributed by atoms with Crippen molar-refractivity contribution in [2.24, 2.45) is 5.92 Å². The maximum Gasteiger partial charge on any atom is 0.310 e. The number of carboxylic acids is 1. The number of likely N-dealkylation sites (tertiary alicyclic amines) is 1. The molecule has 7 heteroatoms. The molecule has 19 heavy (non-hydrogen) atoms. The number of ether oxygens (including phenoxy) is 1. The Hall–Kier alpha value is -1.46. The van der Waals surface area contributed by atoms with Crippen molar-refractivity contribution in [1.29, 1.82) is 0 Å². The number of rotatable bonds is 3. The van der Waals surface area contributed by atoms with Gasteiger partial charge in [0.05, 0.1) is 23.1 Å². The van der Waals surface area contributed by atoms with Crippen LogP contribution in [0.15, 0.2) is 12.1 Å². The first-order valence-corrected chi connectivity index (χ1v) is 6.24. The fraction of sp³-hybridized carbons (Fsp3) is 0.333. The third-order valence-electron chi connectivity index (χ3n) is 2.97. The highest BCUT2D eigenvalue weighted by Gasteiger charge is 2.36. The zero-order valence-electron chi connectivity index (χ0n) is 10.0. The van der Waals surface area contributed by atoms with Crippen molar-refractivity contribution in [2.75, 3.05) is 20.2 Å². The number of nitrogens with zero attached hydrogens (tertiary/aromatic N) is 1. The van der Waals surface area contributed by atoms with Gasteiger partial charge in [-0.05, 0) is 12.1 Å². The lowest BCUT2D eigenvalue weighted by molar-refractivity contribution is -0.146. The van der Waals surface area contributed by atoms with Gasteiger partial charge in [0.1, 0.15) is 0 Å². The van der Waals surface area contributed by atoms with Crippen LogP contribution in [0.4, 0.5) is 0 Å². The maximum atomic E-state index is 12.1. The van der Waals surface area contributed by atoms with E-state index in [4.69, 9.17) is 33.0 Å². The quantitative estimate of drug-likeness (QED) is 0.929. The summed E-state index contributed by atoms with van der Waals surface area (Å²) in [5, 5.41) is 9.25. The molecular weight excluding hydrogens is 293 g/mol. The standard InChI is InChI=1S/C12H11Cl2NO4/c1-19-10-8(13)2-6(3-9(10)14)11(16)15-4-7(5-15)12(17)18/h2-3,7H,4-5H2,1H3,(H,17,18). The van der Waals surface area contributed by atoms with E-state index < -0.39 is 11.9 Å². The molecule has 0 unspecified atom stereocenters. The number of carboxylic acid groups (broad SMARTS) is 1. The third kappa shape index (κ3) is 2.62. The molecule has 1 N–H and O–H groups in total. The molecule has 0 bridgehead atoms. The predicted molar refractivity (Wildman–Crippen MR) is 70.0 cm³/mol. The highest BCUT2D eigenvalue weighted by atomic mass is 35.5. The lowest BCUT2D eigenvalue weighted by atomic mass is 9.99. The van der Waals surface area contributed by atoms with Crippen LogP contribution in [0.25, 0.3) is 0 Å². The average Bonchev–Trinajstić information content (AvgIpc) is 2.25.